The Morgan fingerprint density at radius 2 is 1.67 bits per heavy atom. The van der Waals surface area contributed by atoms with E-state index < -0.39 is 44.8 Å². The Labute approximate surface area is 144 Å². The van der Waals surface area contributed by atoms with E-state index in [-0.39, 0.29) is 12.8 Å². The zero-order valence-corrected chi connectivity index (χ0v) is 15.5. The average Bonchev–Trinajstić information content (AvgIpc) is 2.40. The first-order valence-electron chi connectivity index (χ1n) is 7.70. The molecule has 0 aliphatic heterocycles. The van der Waals surface area contributed by atoms with E-state index >= 15 is 0 Å². The Morgan fingerprint density at radius 3 is 2.08 bits per heavy atom. The Hall–Kier alpha value is -1.34. The summed E-state index contributed by atoms with van der Waals surface area (Å²) >= 11 is 0. The minimum Gasteiger partial charge on any atom is -0.481 e. The maximum Gasteiger partial charge on any atom is 0.309 e. The van der Waals surface area contributed by atoms with Gasteiger partial charge in [0.25, 0.3) is 0 Å². The van der Waals surface area contributed by atoms with Gasteiger partial charge in [-0.2, -0.15) is 0 Å². The fraction of sp³-hybridized carbons (Fsp3) is 0.588. The molecule has 24 heavy (non-hydrogen) atoms. The van der Waals surface area contributed by atoms with Crippen LogP contribution < -0.4 is 4.72 Å². The summed E-state index contributed by atoms with van der Waals surface area (Å²) in [5, 5.41) is 9.22. The summed E-state index contributed by atoms with van der Waals surface area (Å²) in [5.41, 5.74) is -0.680. The number of benzene rings is 1. The molecule has 0 bridgehead atoms. The fourth-order valence-electron chi connectivity index (χ4n) is 1.99. The first-order chi connectivity index (χ1) is 10.8. The van der Waals surface area contributed by atoms with Gasteiger partial charge in [-0.25, -0.2) is 17.7 Å². The standard InChI is InChI=1S/C17H25F2NO3S/c1-16(2,3)24(23)20-14(6-7-17(4,5)15(21)22)11-8-12(18)10-13(19)9-11/h8-10,14,20H,6-7H2,1-5H3,(H,21,22)/t14-,24?/m0/s1. The Morgan fingerprint density at radius 1 is 1.17 bits per heavy atom. The number of carboxylic acid groups (broad SMARTS) is 1. The second-order valence-electron chi connectivity index (χ2n) is 7.48. The van der Waals surface area contributed by atoms with Crippen LogP contribution in [0.15, 0.2) is 18.2 Å². The van der Waals surface area contributed by atoms with E-state index in [0.29, 0.717) is 5.56 Å². The summed E-state index contributed by atoms with van der Waals surface area (Å²) in [6.45, 7) is 8.50. The van der Waals surface area contributed by atoms with E-state index in [0.717, 1.165) is 6.07 Å². The van der Waals surface area contributed by atoms with Gasteiger partial charge >= 0.3 is 5.97 Å². The van der Waals surface area contributed by atoms with Crippen LogP contribution in [0.25, 0.3) is 0 Å². The monoisotopic (exact) mass is 361 g/mol. The highest BCUT2D eigenvalue weighted by molar-refractivity contribution is 7.84. The molecule has 0 fully saturated rings. The van der Waals surface area contributed by atoms with Crippen molar-refractivity contribution >= 4 is 17.0 Å². The van der Waals surface area contributed by atoms with E-state index in [1.807, 2.05) is 0 Å². The molecule has 2 N–H and O–H groups in total. The molecule has 2 atom stereocenters. The number of carbonyl (C=O) groups is 1. The molecule has 7 heteroatoms. The van der Waals surface area contributed by atoms with Gasteiger partial charge in [0, 0.05) is 12.1 Å². The number of hydrogen-bond donors (Lipinski definition) is 2. The number of nitrogens with one attached hydrogen (secondary N) is 1. The van der Waals surface area contributed by atoms with Crippen LogP contribution in [0.5, 0.6) is 0 Å². The molecule has 0 heterocycles. The minimum atomic E-state index is -1.46. The molecule has 0 spiro atoms. The van der Waals surface area contributed by atoms with Crippen LogP contribution in [0.3, 0.4) is 0 Å². The SMILES string of the molecule is CC(C)(CC[C@H](NS(=O)C(C)(C)C)c1cc(F)cc(F)c1)C(=O)O. The Balaban J connectivity index is 3.07. The van der Waals surface area contributed by atoms with Gasteiger partial charge in [-0.05, 0) is 65.2 Å². The topological polar surface area (TPSA) is 66.4 Å². The lowest BCUT2D eigenvalue weighted by Crippen LogP contribution is -2.36. The third kappa shape index (κ3) is 5.94. The van der Waals surface area contributed by atoms with Crippen molar-refractivity contribution in [2.75, 3.05) is 0 Å². The van der Waals surface area contributed by atoms with Gasteiger partial charge < -0.3 is 5.11 Å². The van der Waals surface area contributed by atoms with Crippen molar-refractivity contribution in [3.63, 3.8) is 0 Å². The molecule has 1 rings (SSSR count). The lowest BCUT2D eigenvalue weighted by molar-refractivity contribution is -0.147. The zero-order valence-electron chi connectivity index (χ0n) is 14.7. The highest BCUT2D eigenvalue weighted by Gasteiger charge is 2.30. The first-order valence-corrected chi connectivity index (χ1v) is 8.85. The van der Waals surface area contributed by atoms with Gasteiger partial charge in [0.1, 0.15) is 11.6 Å². The second-order valence-corrected chi connectivity index (χ2v) is 9.48. The van der Waals surface area contributed by atoms with Gasteiger partial charge in [-0.1, -0.05) is 0 Å². The maximum atomic E-state index is 13.5. The highest BCUT2D eigenvalue weighted by atomic mass is 32.2. The normalized spacial score (nSPS) is 15.1. The van der Waals surface area contributed by atoms with Crippen LogP contribution in [0.4, 0.5) is 8.78 Å². The lowest BCUT2D eigenvalue weighted by atomic mass is 9.85. The van der Waals surface area contributed by atoms with E-state index in [4.69, 9.17) is 0 Å². The molecule has 1 unspecified atom stereocenters. The van der Waals surface area contributed by atoms with E-state index in [1.54, 1.807) is 34.6 Å². The summed E-state index contributed by atoms with van der Waals surface area (Å²) < 4.78 is 41.7. The van der Waals surface area contributed by atoms with Crippen LogP contribution in [-0.2, 0) is 15.8 Å². The van der Waals surface area contributed by atoms with Crippen LogP contribution >= 0.6 is 0 Å². The van der Waals surface area contributed by atoms with Crippen LogP contribution in [0.2, 0.25) is 0 Å². The fourth-order valence-corrected chi connectivity index (χ4v) is 2.85. The molecule has 1 aromatic carbocycles. The van der Waals surface area contributed by atoms with Gasteiger partial charge in [-0.3, -0.25) is 4.79 Å². The molecule has 0 aromatic heterocycles. The molecule has 0 saturated carbocycles. The van der Waals surface area contributed by atoms with E-state index in [2.05, 4.69) is 4.72 Å². The quantitative estimate of drug-likeness (QED) is 0.773. The maximum absolute atomic E-state index is 13.5. The molecule has 136 valence electrons. The van der Waals surface area contributed by atoms with E-state index in [1.165, 1.54) is 12.1 Å². The third-order valence-corrected chi connectivity index (χ3v) is 5.34. The van der Waals surface area contributed by atoms with E-state index in [9.17, 15) is 22.9 Å². The van der Waals surface area contributed by atoms with Crippen molar-refractivity contribution in [1.29, 1.82) is 0 Å². The van der Waals surface area contributed by atoms with Crippen LogP contribution in [-0.4, -0.2) is 20.0 Å². The molecule has 1 aromatic rings. The predicted molar refractivity (Wildman–Crippen MR) is 90.8 cm³/mol. The van der Waals surface area contributed by atoms with Crippen LogP contribution in [0.1, 0.15) is 59.1 Å². The van der Waals surface area contributed by atoms with Gasteiger partial charge in [-0.15, -0.1) is 0 Å². The molecule has 0 saturated heterocycles. The van der Waals surface area contributed by atoms with Gasteiger partial charge in [0.05, 0.1) is 21.1 Å². The highest BCUT2D eigenvalue weighted by Crippen LogP contribution is 2.30. The van der Waals surface area contributed by atoms with Crippen molar-refractivity contribution < 1.29 is 22.9 Å². The lowest BCUT2D eigenvalue weighted by Gasteiger charge is -2.27. The molecular formula is C17H25F2NO3S. The number of rotatable bonds is 7. The Kier molecular flexibility index (Phi) is 6.64. The average molecular weight is 361 g/mol. The molecule has 0 aliphatic rings. The van der Waals surface area contributed by atoms with Crippen molar-refractivity contribution in [1.82, 2.24) is 4.72 Å². The van der Waals surface area contributed by atoms with Crippen molar-refractivity contribution in [3.05, 3.63) is 35.4 Å². The smallest absolute Gasteiger partial charge is 0.309 e. The largest absolute Gasteiger partial charge is 0.481 e. The Bertz CT molecular complexity index is 607. The summed E-state index contributed by atoms with van der Waals surface area (Å²) in [7, 11) is -1.46. The number of carboxylic acids is 1. The summed E-state index contributed by atoms with van der Waals surface area (Å²) in [5.74, 6) is -2.41. The number of halogens is 2. The third-order valence-electron chi connectivity index (χ3n) is 3.73. The molecule has 0 radical (unpaired) electrons. The summed E-state index contributed by atoms with van der Waals surface area (Å²) in [4.78, 5) is 11.3. The minimum absolute atomic E-state index is 0.263. The number of hydrogen-bond acceptors (Lipinski definition) is 2. The number of aliphatic carboxylic acids is 1. The van der Waals surface area contributed by atoms with Crippen LogP contribution in [0, 0.1) is 17.0 Å². The molecule has 0 amide bonds. The van der Waals surface area contributed by atoms with Crippen molar-refractivity contribution in [2.24, 2.45) is 5.41 Å². The first kappa shape index (κ1) is 20.7. The molecule has 0 aliphatic carbocycles. The zero-order chi connectivity index (χ0) is 18.7. The summed E-state index contributed by atoms with van der Waals surface area (Å²) in [6, 6.07) is 2.50. The molecule has 4 nitrogen and oxygen atoms in total. The van der Waals surface area contributed by atoms with Crippen molar-refractivity contribution in [3.8, 4) is 0 Å². The van der Waals surface area contributed by atoms with Crippen molar-refractivity contribution in [2.45, 2.75) is 58.2 Å². The predicted octanol–water partition coefficient (Wildman–Crippen LogP) is 3.95. The summed E-state index contributed by atoms with van der Waals surface area (Å²) in [6.07, 6.45) is 0.545. The van der Waals surface area contributed by atoms with Gasteiger partial charge in [0.2, 0.25) is 0 Å². The van der Waals surface area contributed by atoms with Gasteiger partial charge in [0.15, 0.2) is 0 Å². The second kappa shape index (κ2) is 7.70. The molecular weight excluding hydrogens is 336 g/mol.